The van der Waals surface area contributed by atoms with Crippen LogP contribution in [0.3, 0.4) is 0 Å². The number of hydrogen-bond donors (Lipinski definition) is 2. The highest BCUT2D eigenvalue weighted by Crippen LogP contribution is 2.21. The normalized spacial score (nSPS) is 10.9. The zero-order chi connectivity index (χ0) is 20.2. The molecular formula is C21H20N6O2. The Hall–Kier alpha value is -3.81. The Morgan fingerprint density at radius 3 is 2.59 bits per heavy atom. The number of anilines is 1. The molecule has 0 fully saturated rings. The van der Waals surface area contributed by atoms with Gasteiger partial charge >= 0.3 is 0 Å². The molecule has 2 aromatic carbocycles. The van der Waals surface area contributed by atoms with Crippen molar-refractivity contribution in [1.82, 2.24) is 19.9 Å². The number of nitrogens with one attached hydrogen (secondary N) is 2. The second-order valence-corrected chi connectivity index (χ2v) is 6.60. The number of imidazole rings is 1. The first-order valence-electron chi connectivity index (χ1n) is 9.42. The van der Waals surface area contributed by atoms with Crippen LogP contribution in [-0.2, 0) is 12.8 Å². The first-order chi connectivity index (χ1) is 14.1. The summed E-state index contributed by atoms with van der Waals surface area (Å²) in [6.07, 6.45) is 1.49. The molecule has 0 spiro atoms. The Kier molecular flexibility index (Phi) is 5.15. The fourth-order valence-corrected chi connectivity index (χ4v) is 3.06. The lowest BCUT2D eigenvalue weighted by molar-refractivity contribution is -0.384. The van der Waals surface area contributed by atoms with Crippen molar-refractivity contribution in [2.24, 2.45) is 0 Å². The lowest BCUT2D eigenvalue weighted by Crippen LogP contribution is -2.09. The molecule has 0 bridgehead atoms. The molecule has 8 nitrogen and oxygen atoms in total. The summed E-state index contributed by atoms with van der Waals surface area (Å²) < 4.78 is 0. The van der Waals surface area contributed by atoms with Crippen LogP contribution in [0.15, 0.2) is 54.6 Å². The topological polar surface area (TPSA) is 110 Å². The molecule has 0 aliphatic carbocycles. The first kappa shape index (κ1) is 18.5. The smallest absolute Gasteiger partial charge is 0.269 e. The minimum absolute atomic E-state index is 0.0459. The number of nitro benzene ring substituents is 1. The van der Waals surface area contributed by atoms with Crippen molar-refractivity contribution in [2.75, 3.05) is 11.9 Å². The quantitative estimate of drug-likeness (QED) is 0.364. The Bertz CT molecular complexity index is 1120. The van der Waals surface area contributed by atoms with Crippen LogP contribution in [0.5, 0.6) is 0 Å². The highest BCUT2D eigenvalue weighted by Gasteiger charge is 2.10. The molecule has 2 aromatic heterocycles. The Balaban J connectivity index is 1.49. The average Bonchev–Trinajstić information content (AvgIpc) is 3.16. The molecule has 2 heterocycles. The monoisotopic (exact) mass is 388 g/mol. The summed E-state index contributed by atoms with van der Waals surface area (Å²) in [4.78, 5) is 27.5. The van der Waals surface area contributed by atoms with Gasteiger partial charge in [0.2, 0.25) is 0 Å². The van der Waals surface area contributed by atoms with Gasteiger partial charge in [-0.3, -0.25) is 10.1 Å². The van der Waals surface area contributed by atoms with Gasteiger partial charge in [-0.15, -0.1) is 0 Å². The van der Waals surface area contributed by atoms with Crippen molar-refractivity contribution in [2.45, 2.75) is 19.8 Å². The van der Waals surface area contributed by atoms with E-state index < -0.39 is 4.92 Å². The zero-order valence-electron chi connectivity index (χ0n) is 15.9. The number of rotatable bonds is 7. The van der Waals surface area contributed by atoms with Gasteiger partial charge in [0.05, 0.1) is 16.0 Å². The molecule has 146 valence electrons. The van der Waals surface area contributed by atoms with Gasteiger partial charge < -0.3 is 10.3 Å². The van der Waals surface area contributed by atoms with E-state index in [4.69, 9.17) is 0 Å². The molecule has 0 atom stereocenters. The van der Waals surface area contributed by atoms with Gasteiger partial charge in [0, 0.05) is 42.4 Å². The number of aryl methyl sites for hydroxylation is 1. The second kappa shape index (κ2) is 8.05. The standard InChI is InChI=1S/C21H20N6O2/c1-2-15-13-20(22-12-11-19-24-17-5-3-4-6-18(17)25-19)26-21(23-15)14-7-9-16(10-8-14)27(28)29/h3-10,13H,2,11-12H2,1H3,(H,24,25)(H,22,23,26). The highest BCUT2D eigenvalue weighted by molar-refractivity contribution is 5.74. The number of fused-ring (bicyclic) bond motifs is 1. The van der Waals surface area contributed by atoms with Crippen LogP contribution in [0.4, 0.5) is 11.5 Å². The van der Waals surface area contributed by atoms with Crippen molar-refractivity contribution in [1.29, 1.82) is 0 Å². The maximum atomic E-state index is 10.9. The van der Waals surface area contributed by atoms with E-state index >= 15 is 0 Å². The van der Waals surface area contributed by atoms with Crippen LogP contribution >= 0.6 is 0 Å². The maximum absolute atomic E-state index is 10.9. The van der Waals surface area contributed by atoms with Crippen LogP contribution in [0.2, 0.25) is 0 Å². The highest BCUT2D eigenvalue weighted by atomic mass is 16.6. The van der Waals surface area contributed by atoms with Crippen LogP contribution in [0.25, 0.3) is 22.4 Å². The molecule has 0 saturated carbocycles. The van der Waals surface area contributed by atoms with Gasteiger partial charge in [-0.2, -0.15) is 0 Å². The molecule has 8 heteroatoms. The minimum Gasteiger partial charge on any atom is -0.369 e. The second-order valence-electron chi connectivity index (χ2n) is 6.60. The maximum Gasteiger partial charge on any atom is 0.269 e. The fraction of sp³-hybridized carbons (Fsp3) is 0.190. The van der Waals surface area contributed by atoms with Crippen molar-refractivity contribution >= 4 is 22.5 Å². The van der Waals surface area contributed by atoms with Crippen LogP contribution in [0, 0.1) is 10.1 Å². The molecule has 0 aliphatic heterocycles. The van der Waals surface area contributed by atoms with E-state index in [0.29, 0.717) is 12.4 Å². The van der Waals surface area contributed by atoms with Crippen molar-refractivity contribution in [3.63, 3.8) is 0 Å². The molecule has 29 heavy (non-hydrogen) atoms. The summed E-state index contributed by atoms with van der Waals surface area (Å²) in [6, 6.07) is 16.1. The average molecular weight is 388 g/mol. The molecule has 4 rings (SSSR count). The van der Waals surface area contributed by atoms with Crippen LogP contribution < -0.4 is 5.32 Å². The first-order valence-corrected chi connectivity index (χ1v) is 9.42. The van der Waals surface area contributed by atoms with E-state index in [9.17, 15) is 10.1 Å². The third-order valence-corrected chi connectivity index (χ3v) is 4.58. The number of hydrogen-bond acceptors (Lipinski definition) is 6. The number of aromatic nitrogens is 4. The SMILES string of the molecule is CCc1cc(NCCc2nc3ccccc3[nH]2)nc(-c2ccc([N+](=O)[O-])cc2)n1. The number of benzene rings is 2. The number of nitro groups is 1. The lowest BCUT2D eigenvalue weighted by Gasteiger charge is -2.09. The molecule has 4 aromatic rings. The summed E-state index contributed by atoms with van der Waals surface area (Å²) in [6.45, 7) is 2.69. The van der Waals surface area contributed by atoms with E-state index in [-0.39, 0.29) is 5.69 Å². The van der Waals surface area contributed by atoms with Gasteiger partial charge in [0.15, 0.2) is 5.82 Å². The van der Waals surface area contributed by atoms with Crippen LogP contribution in [-0.4, -0.2) is 31.4 Å². The Labute approximate surface area is 167 Å². The van der Waals surface area contributed by atoms with Crippen LogP contribution in [0.1, 0.15) is 18.4 Å². The Morgan fingerprint density at radius 1 is 1.07 bits per heavy atom. The predicted molar refractivity (Wildman–Crippen MR) is 112 cm³/mol. The predicted octanol–water partition coefficient (Wildman–Crippen LogP) is 4.15. The third-order valence-electron chi connectivity index (χ3n) is 4.58. The number of non-ortho nitro benzene ring substituents is 1. The fourth-order valence-electron chi connectivity index (χ4n) is 3.06. The van der Waals surface area contributed by atoms with E-state index in [0.717, 1.165) is 46.8 Å². The molecule has 0 unspecified atom stereocenters. The number of para-hydroxylation sites is 2. The van der Waals surface area contributed by atoms with Crippen molar-refractivity contribution in [3.05, 3.63) is 76.2 Å². The molecule has 0 aliphatic rings. The molecule has 2 N–H and O–H groups in total. The van der Waals surface area contributed by atoms with Gasteiger partial charge in [-0.25, -0.2) is 15.0 Å². The zero-order valence-corrected chi connectivity index (χ0v) is 15.9. The molecule has 0 radical (unpaired) electrons. The summed E-state index contributed by atoms with van der Waals surface area (Å²) in [5.74, 6) is 2.19. The van der Waals surface area contributed by atoms with Gasteiger partial charge in [-0.1, -0.05) is 19.1 Å². The summed E-state index contributed by atoms with van der Waals surface area (Å²) in [7, 11) is 0. The summed E-state index contributed by atoms with van der Waals surface area (Å²) in [5.41, 5.74) is 3.67. The largest absolute Gasteiger partial charge is 0.369 e. The number of aromatic amines is 1. The molecule has 0 saturated heterocycles. The summed E-state index contributed by atoms with van der Waals surface area (Å²) in [5, 5.41) is 14.2. The van der Waals surface area contributed by atoms with E-state index in [2.05, 4.69) is 25.3 Å². The lowest BCUT2D eigenvalue weighted by atomic mass is 10.2. The minimum atomic E-state index is -0.419. The summed E-state index contributed by atoms with van der Waals surface area (Å²) >= 11 is 0. The van der Waals surface area contributed by atoms with Crippen molar-refractivity contribution in [3.8, 4) is 11.4 Å². The van der Waals surface area contributed by atoms with E-state index in [1.807, 2.05) is 37.3 Å². The molecule has 0 amide bonds. The number of nitrogens with zero attached hydrogens (tertiary/aromatic N) is 4. The Morgan fingerprint density at radius 2 is 1.86 bits per heavy atom. The van der Waals surface area contributed by atoms with E-state index in [1.165, 1.54) is 12.1 Å². The van der Waals surface area contributed by atoms with Gasteiger partial charge in [-0.05, 0) is 30.7 Å². The molecular weight excluding hydrogens is 368 g/mol. The number of H-pyrrole nitrogens is 1. The van der Waals surface area contributed by atoms with Gasteiger partial charge in [0.1, 0.15) is 11.6 Å². The van der Waals surface area contributed by atoms with Crippen molar-refractivity contribution < 1.29 is 4.92 Å². The third kappa shape index (κ3) is 4.21. The van der Waals surface area contributed by atoms with E-state index in [1.54, 1.807) is 12.1 Å². The van der Waals surface area contributed by atoms with Gasteiger partial charge in [0.25, 0.3) is 5.69 Å².